The van der Waals surface area contributed by atoms with E-state index < -0.39 is 0 Å². The van der Waals surface area contributed by atoms with E-state index in [9.17, 15) is 0 Å². The fourth-order valence-corrected chi connectivity index (χ4v) is 1.84. The molecule has 1 aromatic rings. The van der Waals surface area contributed by atoms with E-state index in [-0.39, 0.29) is 0 Å². The third-order valence-corrected chi connectivity index (χ3v) is 3.59. The summed E-state index contributed by atoms with van der Waals surface area (Å²) in [6, 6.07) is 7.30. The maximum Gasteiger partial charge on any atom is 0.119 e. The van der Waals surface area contributed by atoms with Crippen LogP contribution in [0.2, 0.25) is 0 Å². The monoisotopic (exact) mass is 355 g/mol. The SMILES string of the molecule is CCC(C)COCCOCCOCCOCCOc1ccc(N)cc1. The summed E-state index contributed by atoms with van der Waals surface area (Å²) in [6.07, 6.45) is 1.14. The Labute approximate surface area is 151 Å². The lowest BCUT2D eigenvalue weighted by atomic mass is 10.1. The third kappa shape index (κ3) is 12.6. The molecule has 2 N–H and O–H groups in total. The predicted molar refractivity (Wildman–Crippen MR) is 99.1 cm³/mol. The van der Waals surface area contributed by atoms with Crippen molar-refractivity contribution in [1.29, 1.82) is 0 Å². The molecule has 0 aliphatic carbocycles. The molecule has 0 saturated heterocycles. The second kappa shape index (κ2) is 15.0. The van der Waals surface area contributed by atoms with Crippen molar-refractivity contribution in [2.45, 2.75) is 20.3 Å². The number of anilines is 1. The summed E-state index contributed by atoms with van der Waals surface area (Å²) in [7, 11) is 0. The fraction of sp³-hybridized carbons (Fsp3) is 0.684. The van der Waals surface area contributed by atoms with Gasteiger partial charge in [0.1, 0.15) is 12.4 Å². The van der Waals surface area contributed by atoms with E-state index in [1.54, 1.807) is 0 Å². The molecule has 0 spiro atoms. The normalized spacial score (nSPS) is 12.2. The molecule has 1 aromatic carbocycles. The highest BCUT2D eigenvalue weighted by molar-refractivity contribution is 5.41. The molecule has 0 heterocycles. The average Bonchev–Trinajstić information content (AvgIpc) is 2.63. The first kappa shape index (κ1) is 21.7. The first-order chi connectivity index (χ1) is 12.2. The minimum Gasteiger partial charge on any atom is -0.491 e. The minimum atomic E-state index is 0.504. The first-order valence-corrected chi connectivity index (χ1v) is 9.01. The highest BCUT2D eigenvalue weighted by Crippen LogP contribution is 2.12. The van der Waals surface area contributed by atoms with Gasteiger partial charge in [0.2, 0.25) is 0 Å². The predicted octanol–water partition coefficient (Wildman–Crippen LogP) is 2.76. The maximum absolute atomic E-state index is 5.61. The Morgan fingerprint density at radius 1 is 0.760 bits per heavy atom. The van der Waals surface area contributed by atoms with Crippen molar-refractivity contribution < 1.29 is 23.7 Å². The van der Waals surface area contributed by atoms with Gasteiger partial charge < -0.3 is 29.4 Å². The van der Waals surface area contributed by atoms with Crippen LogP contribution < -0.4 is 10.5 Å². The van der Waals surface area contributed by atoms with Crippen LogP contribution in [-0.2, 0) is 18.9 Å². The number of hydrogen-bond donors (Lipinski definition) is 1. The Morgan fingerprint density at radius 2 is 1.24 bits per heavy atom. The number of hydrogen-bond acceptors (Lipinski definition) is 6. The zero-order chi connectivity index (χ0) is 18.2. The maximum atomic E-state index is 5.61. The minimum absolute atomic E-state index is 0.504. The van der Waals surface area contributed by atoms with Crippen molar-refractivity contribution in [2.75, 3.05) is 65.2 Å². The molecule has 0 aliphatic heterocycles. The number of nitrogen functional groups attached to an aromatic ring is 1. The van der Waals surface area contributed by atoms with Gasteiger partial charge in [0, 0.05) is 12.3 Å². The first-order valence-electron chi connectivity index (χ1n) is 9.01. The molecular weight excluding hydrogens is 322 g/mol. The van der Waals surface area contributed by atoms with E-state index in [1.807, 2.05) is 24.3 Å². The van der Waals surface area contributed by atoms with Gasteiger partial charge in [-0.2, -0.15) is 0 Å². The molecule has 1 atom stereocenters. The number of rotatable bonds is 16. The lowest BCUT2D eigenvalue weighted by molar-refractivity contribution is -0.00768. The molecule has 25 heavy (non-hydrogen) atoms. The van der Waals surface area contributed by atoms with Gasteiger partial charge in [-0.3, -0.25) is 0 Å². The summed E-state index contributed by atoms with van der Waals surface area (Å²) >= 11 is 0. The molecule has 0 radical (unpaired) electrons. The Kier molecular flexibility index (Phi) is 13.0. The summed E-state index contributed by atoms with van der Waals surface area (Å²) in [5.74, 6) is 1.40. The lowest BCUT2D eigenvalue weighted by Crippen LogP contribution is -2.14. The number of benzene rings is 1. The van der Waals surface area contributed by atoms with Gasteiger partial charge in [0.15, 0.2) is 0 Å². The molecule has 6 heteroatoms. The van der Waals surface area contributed by atoms with Crippen molar-refractivity contribution in [3.63, 3.8) is 0 Å². The van der Waals surface area contributed by atoms with Crippen LogP contribution >= 0.6 is 0 Å². The largest absolute Gasteiger partial charge is 0.491 e. The van der Waals surface area contributed by atoms with E-state index in [4.69, 9.17) is 29.4 Å². The Hall–Kier alpha value is -1.34. The standard InChI is InChI=1S/C19H33NO5/c1-3-17(2)16-24-13-12-22-9-8-21-10-11-23-14-15-25-19-6-4-18(20)5-7-19/h4-7,17H,3,8-16,20H2,1-2H3. The molecule has 6 nitrogen and oxygen atoms in total. The van der Waals surface area contributed by atoms with Crippen LogP contribution in [0.3, 0.4) is 0 Å². The van der Waals surface area contributed by atoms with Crippen LogP contribution in [0.25, 0.3) is 0 Å². The molecule has 1 unspecified atom stereocenters. The average molecular weight is 355 g/mol. The lowest BCUT2D eigenvalue weighted by Gasteiger charge is -2.10. The van der Waals surface area contributed by atoms with Gasteiger partial charge in [-0.25, -0.2) is 0 Å². The molecule has 1 rings (SSSR count). The summed E-state index contributed by atoms with van der Waals surface area (Å²) in [5, 5.41) is 0. The van der Waals surface area contributed by atoms with Crippen LogP contribution in [0, 0.1) is 5.92 Å². The summed E-state index contributed by atoms with van der Waals surface area (Å²) in [4.78, 5) is 0. The van der Waals surface area contributed by atoms with Gasteiger partial charge in [-0.15, -0.1) is 0 Å². The van der Waals surface area contributed by atoms with Gasteiger partial charge in [-0.05, 0) is 30.2 Å². The Balaban J connectivity index is 1.76. The van der Waals surface area contributed by atoms with Gasteiger partial charge in [0.05, 0.1) is 46.2 Å². The molecule has 0 aromatic heterocycles. The van der Waals surface area contributed by atoms with Gasteiger partial charge >= 0.3 is 0 Å². The fourth-order valence-electron chi connectivity index (χ4n) is 1.84. The molecular formula is C19H33NO5. The number of nitrogens with two attached hydrogens (primary N) is 1. The van der Waals surface area contributed by atoms with E-state index >= 15 is 0 Å². The van der Waals surface area contributed by atoms with Gasteiger partial charge in [-0.1, -0.05) is 20.3 Å². The van der Waals surface area contributed by atoms with Crippen LogP contribution in [0.15, 0.2) is 24.3 Å². The summed E-state index contributed by atoms with van der Waals surface area (Å²) < 4.78 is 27.3. The molecule has 0 bridgehead atoms. The second-order valence-electron chi connectivity index (χ2n) is 5.84. The molecule has 0 fully saturated rings. The second-order valence-corrected chi connectivity index (χ2v) is 5.84. The van der Waals surface area contributed by atoms with Crippen molar-refractivity contribution in [3.8, 4) is 5.75 Å². The van der Waals surface area contributed by atoms with Crippen LogP contribution in [0.4, 0.5) is 5.69 Å². The topological polar surface area (TPSA) is 72.2 Å². The summed E-state index contributed by atoms with van der Waals surface area (Å²) in [6.45, 7) is 9.67. The van der Waals surface area contributed by atoms with Crippen LogP contribution in [0.1, 0.15) is 20.3 Å². The van der Waals surface area contributed by atoms with Gasteiger partial charge in [0.25, 0.3) is 0 Å². The smallest absolute Gasteiger partial charge is 0.119 e. The van der Waals surface area contributed by atoms with Crippen molar-refractivity contribution in [3.05, 3.63) is 24.3 Å². The van der Waals surface area contributed by atoms with Crippen LogP contribution in [0.5, 0.6) is 5.75 Å². The van der Waals surface area contributed by atoms with Crippen molar-refractivity contribution in [2.24, 2.45) is 5.92 Å². The zero-order valence-corrected chi connectivity index (χ0v) is 15.6. The molecule has 144 valence electrons. The highest BCUT2D eigenvalue weighted by Gasteiger charge is 1.98. The quantitative estimate of drug-likeness (QED) is 0.363. The number of ether oxygens (including phenoxy) is 5. The zero-order valence-electron chi connectivity index (χ0n) is 15.6. The summed E-state index contributed by atoms with van der Waals surface area (Å²) in [5.41, 5.74) is 6.33. The van der Waals surface area contributed by atoms with Crippen molar-refractivity contribution in [1.82, 2.24) is 0 Å². The van der Waals surface area contributed by atoms with E-state index in [0.717, 1.165) is 24.5 Å². The molecule has 0 saturated carbocycles. The Morgan fingerprint density at radius 3 is 1.76 bits per heavy atom. The van der Waals surface area contributed by atoms with Crippen molar-refractivity contribution >= 4 is 5.69 Å². The van der Waals surface area contributed by atoms with E-state index in [0.29, 0.717) is 58.8 Å². The Bertz CT molecular complexity index is 413. The third-order valence-electron chi connectivity index (χ3n) is 3.59. The molecule has 0 amide bonds. The van der Waals surface area contributed by atoms with E-state index in [2.05, 4.69) is 13.8 Å². The van der Waals surface area contributed by atoms with Crippen LogP contribution in [-0.4, -0.2) is 59.5 Å². The van der Waals surface area contributed by atoms with E-state index in [1.165, 1.54) is 0 Å². The molecule has 0 aliphatic rings. The highest BCUT2D eigenvalue weighted by atomic mass is 16.6.